The first-order valence-corrected chi connectivity index (χ1v) is 9.99. The Morgan fingerprint density at radius 3 is 2.50 bits per heavy atom. The van der Waals surface area contributed by atoms with Gasteiger partial charge in [-0.25, -0.2) is 0 Å². The molecule has 0 aliphatic heterocycles. The molecule has 0 atom stereocenters. The van der Waals surface area contributed by atoms with Gasteiger partial charge < -0.3 is 4.42 Å². The number of benzene rings is 2. The number of rotatable bonds is 7. The van der Waals surface area contributed by atoms with Crippen LogP contribution in [-0.2, 0) is 6.54 Å². The quantitative estimate of drug-likeness (QED) is 0.309. The van der Waals surface area contributed by atoms with E-state index in [1.165, 1.54) is 11.8 Å². The summed E-state index contributed by atoms with van der Waals surface area (Å²) in [4.78, 5) is 12.5. The highest BCUT2D eigenvalue weighted by Crippen LogP contribution is 2.26. The number of hydrogen-bond acceptors (Lipinski definition) is 5. The maximum Gasteiger partial charge on any atom is 0.200 e. The van der Waals surface area contributed by atoms with Crippen LogP contribution < -0.4 is 0 Å². The largest absolute Gasteiger partial charge is 0.461 e. The molecule has 0 N–H and O–H groups in total. The van der Waals surface area contributed by atoms with Crippen molar-refractivity contribution in [3.8, 4) is 11.6 Å². The van der Waals surface area contributed by atoms with Gasteiger partial charge in [-0.1, -0.05) is 53.7 Å². The van der Waals surface area contributed by atoms with Crippen LogP contribution in [0.1, 0.15) is 15.9 Å². The van der Waals surface area contributed by atoms with E-state index in [9.17, 15) is 4.79 Å². The summed E-state index contributed by atoms with van der Waals surface area (Å²) in [6.45, 7) is 0.585. The molecule has 140 valence electrons. The third-order valence-electron chi connectivity index (χ3n) is 4.14. The number of ketones is 1. The fourth-order valence-electron chi connectivity index (χ4n) is 2.74. The van der Waals surface area contributed by atoms with Crippen LogP contribution in [0.5, 0.6) is 0 Å². The summed E-state index contributed by atoms with van der Waals surface area (Å²) < 4.78 is 7.47. The second-order valence-electron chi connectivity index (χ2n) is 6.07. The predicted molar refractivity (Wildman–Crippen MR) is 110 cm³/mol. The van der Waals surface area contributed by atoms with E-state index in [4.69, 9.17) is 16.0 Å². The normalized spacial score (nSPS) is 10.9. The number of aromatic nitrogens is 3. The lowest BCUT2D eigenvalue weighted by atomic mass is 10.1. The average molecular weight is 410 g/mol. The van der Waals surface area contributed by atoms with Gasteiger partial charge in [-0.3, -0.25) is 9.36 Å². The third kappa shape index (κ3) is 4.18. The molecular weight excluding hydrogens is 394 g/mol. The summed E-state index contributed by atoms with van der Waals surface area (Å²) in [6.07, 6.45) is 1.60. The second-order valence-corrected chi connectivity index (χ2v) is 7.45. The highest BCUT2D eigenvalue weighted by molar-refractivity contribution is 7.99. The lowest BCUT2D eigenvalue weighted by Gasteiger charge is -2.09. The molecule has 2 aromatic carbocycles. The molecule has 0 bridgehead atoms. The number of nitrogens with zero attached hydrogens (tertiary/aromatic N) is 3. The zero-order valence-corrected chi connectivity index (χ0v) is 16.4. The number of thioether (sulfide) groups is 1. The molecule has 2 aromatic heterocycles. The number of hydrogen-bond donors (Lipinski definition) is 0. The van der Waals surface area contributed by atoms with Crippen molar-refractivity contribution in [2.75, 3.05) is 5.75 Å². The van der Waals surface area contributed by atoms with Gasteiger partial charge in [-0.05, 0) is 42.0 Å². The predicted octanol–water partition coefficient (Wildman–Crippen LogP) is 5.21. The van der Waals surface area contributed by atoms with Gasteiger partial charge in [0.05, 0.1) is 18.6 Å². The monoisotopic (exact) mass is 409 g/mol. The zero-order valence-electron chi connectivity index (χ0n) is 14.8. The SMILES string of the molecule is O=C(CSc1nnc(-c2ccco2)n1Cc1ccccc1)c1ccc(Cl)cc1. The topological polar surface area (TPSA) is 60.9 Å². The van der Waals surface area contributed by atoms with Gasteiger partial charge in [0.2, 0.25) is 5.82 Å². The van der Waals surface area contributed by atoms with E-state index in [1.807, 2.05) is 47.0 Å². The van der Waals surface area contributed by atoms with Crippen molar-refractivity contribution < 1.29 is 9.21 Å². The molecule has 4 aromatic rings. The summed E-state index contributed by atoms with van der Waals surface area (Å²) >= 11 is 7.25. The molecule has 0 aliphatic rings. The van der Waals surface area contributed by atoms with Crippen LogP contribution in [-0.4, -0.2) is 26.3 Å². The molecule has 2 heterocycles. The first-order chi connectivity index (χ1) is 13.7. The van der Waals surface area contributed by atoms with Gasteiger partial charge in [-0.2, -0.15) is 0 Å². The first-order valence-electron chi connectivity index (χ1n) is 8.63. The number of halogens is 1. The van der Waals surface area contributed by atoms with Crippen LogP contribution >= 0.6 is 23.4 Å². The fourth-order valence-corrected chi connectivity index (χ4v) is 3.70. The highest BCUT2D eigenvalue weighted by Gasteiger charge is 2.18. The third-order valence-corrected chi connectivity index (χ3v) is 5.36. The molecule has 28 heavy (non-hydrogen) atoms. The van der Waals surface area contributed by atoms with E-state index >= 15 is 0 Å². The Labute approximate surface area is 171 Å². The number of Topliss-reactive ketones (excluding diaryl/α,β-unsaturated/α-hetero) is 1. The maximum atomic E-state index is 12.5. The molecule has 0 amide bonds. The lowest BCUT2D eigenvalue weighted by Crippen LogP contribution is -2.07. The fraction of sp³-hybridized carbons (Fsp3) is 0.0952. The van der Waals surface area contributed by atoms with Crippen LogP contribution in [0.15, 0.2) is 82.6 Å². The zero-order chi connectivity index (χ0) is 19.3. The first kappa shape index (κ1) is 18.5. The molecule has 5 nitrogen and oxygen atoms in total. The Kier molecular flexibility index (Phi) is 5.60. The van der Waals surface area contributed by atoms with Crippen LogP contribution in [0.3, 0.4) is 0 Å². The molecule has 0 aliphatic carbocycles. The van der Waals surface area contributed by atoms with Crippen molar-refractivity contribution in [1.29, 1.82) is 0 Å². The van der Waals surface area contributed by atoms with E-state index in [-0.39, 0.29) is 11.5 Å². The van der Waals surface area contributed by atoms with E-state index in [2.05, 4.69) is 10.2 Å². The summed E-state index contributed by atoms with van der Waals surface area (Å²) in [5, 5.41) is 9.85. The van der Waals surface area contributed by atoms with Gasteiger partial charge >= 0.3 is 0 Å². The summed E-state index contributed by atoms with van der Waals surface area (Å²) in [5.41, 5.74) is 1.73. The van der Waals surface area contributed by atoms with Gasteiger partial charge in [0.15, 0.2) is 16.7 Å². The molecule has 4 rings (SSSR count). The van der Waals surface area contributed by atoms with Crippen molar-refractivity contribution in [2.24, 2.45) is 0 Å². The average Bonchev–Trinajstić information content (AvgIpc) is 3.37. The van der Waals surface area contributed by atoms with Crippen molar-refractivity contribution >= 4 is 29.1 Å². The van der Waals surface area contributed by atoms with Gasteiger partial charge in [0.25, 0.3) is 0 Å². The van der Waals surface area contributed by atoms with Gasteiger partial charge in [0.1, 0.15) is 0 Å². The van der Waals surface area contributed by atoms with E-state index in [1.54, 1.807) is 30.5 Å². The molecular formula is C21H16ClN3O2S. The Hall–Kier alpha value is -2.83. The van der Waals surface area contributed by atoms with Crippen LogP contribution in [0.4, 0.5) is 0 Å². The summed E-state index contributed by atoms with van der Waals surface area (Å²) in [5.74, 6) is 1.54. The van der Waals surface area contributed by atoms with E-state index < -0.39 is 0 Å². The van der Waals surface area contributed by atoms with Crippen molar-refractivity contribution in [3.63, 3.8) is 0 Å². The molecule has 0 fully saturated rings. The standard InChI is InChI=1S/C21H16ClN3O2S/c22-17-10-8-16(9-11-17)18(26)14-28-21-24-23-20(19-7-4-12-27-19)25(21)13-15-5-2-1-3-6-15/h1-12H,13-14H2. The van der Waals surface area contributed by atoms with Crippen molar-refractivity contribution in [1.82, 2.24) is 14.8 Å². The molecule has 7 heteroatoms. The Morgan fingerprint density at radius 2 is 1.79 bits per heavy atom. The molecule has 0 radical (unpaired) electrons. The smallest absolute Gasteiger partial charge is 0.200 e. The van der Waals surface area contributed by atoms with Crippen molar-refractivity contribution in [2.45, 2.75) is 11.7 Å². The summed E-state index contributed by atoms with van der Waals surface area (Å²) in [6, 6.07) is 20.6. The lowest BCUT2D eigenvalue weighted by molar-refractivity contribution is 0.102. The number of furan rings is 1. The maximum absolute atomic E-state index is 12.5. The summed E-state index contributed by atoms with van der Waals surface area (Å²) in [7, 11) is 0. The van der Waals surface area contributed by atoms with Gasteiger partial charge in [-0.15, -0.1) is 10.2 Å². The molecule has 0 spiro atoms. The molecule has 0 saturated carbocycles. The molecule has 0 unspecified atom stereocenters. The minimum atomic E-state index is 0.00970. The van der Waals surface area contributed by atoms with E-state index in [0.717, 1.165) is 5.56 Å². The van der Waals surface area contributed by atoms with Crippen molar-refractivity contribution in [3.05, 3.63) is 89.1 Å². The molecule has 0 saturated heterocycles. The Morgan fingerprint density at radius 1 is 1.00 bits per heavy atom. The van der Waals surface area contributed by atoms with Crippen LogP contribution in [0.2, 0.25) is 5.02 Å². The van der Waals surface area contributed by atoms with Crippen LogP contribution in [0.25, 0.3) is 11.6 Å². The minimum absolute atomic E-state index is 0.00970. The van der Waals surface area contributed by atoms with E-state index in [0.29, 0.717) is 33.9 Å². The van der Waals surface area contributed by atoms with Crippen LogP contribution in [0, 0.1) is 0 Å². The second kappa shape index (κ2) is 8.46. The Bertz CT molecular complexity index is 1060. The van der Waals surface area contributed by atoms with Gasteiger partial charge in [0, 0.05) is 10.6 Å². The minimum Gasteiger partial charge on any atom is -0.461 e. The highest BCUT2D eigenvalue weighted by atomic mass is 35.5. The Balaban J connectivity index is 1.57. The number of carbonyl (C=O) groups excluding carboxylic acids is 1. The number of carbonyl (C=O) groups is 1.